The van der Waals surface area contributed by atoms with Gasteiger partial charge in [0.25, 0.3) is 5.22 Å². The van der Waals surface area contributed by atoms with Crippen molar-refractivity contribution in [2.24, 2.45) is 5.92 Å². The average molecular weight is 284 g/mol. The highest BCUT2D eigenvalue weighted by Crippen LogP contribution is 2.43. The minimum atomic E-state index is -0.637. The lowest BCUT2D eigenvalue weighted by Gasteiger charge is -2.33. The summed E-state index contributed by atoms with van der Waals surface area (Å²) in [5.41, 5.74) is -0.637. The molecule has 6 heteroatoms. The van der Waals surface area contributed by atoms with Crippen LogP contribution in [0.3, 0.4) is 0 Å². The molecule has 0 bridgehead atoms. The molecular weight excluding hydrogens is 264 g/mol. The number of oxazole rings is 1. The van der Waals surface area contributed by atoms with Gasteiger partial charge in [-0.25, -0.2) is 4.98 Å². The van der Waals surface area contributed by atoms with E-state index in [1.54, 1.807) is 6.20 Å². The fourth-order valence-electron chi connectivity index (χ4n) is 2.29. The fourth-order valence-corrected chi connectivity index (χ4v) is 3.34. The van der Waals surface area contributed by atoms with Crippen LogP contribution < -0.4 is 5.32 Å². The first-order chi connectivity index (χ1) is 9.08. The van der Waals surface area contributed by atoms with Gasteiger partial charge in [0.2, 0.25) is 0 Å². The van der Waals surface area contributed by atoms with E-state index in [0.29, 0.717) is 16.9 Å². The number of rotatable bonds is 7. The molecule has 19 heavy (non-hydrogen) atoms. The van der Waals surface area contributed by atoms with Gasteiger partial charge in [-0.05, 0) is 32.6 Å². The smallest absolute Gasteiger partial charge is 0.327 e. The number of nitrogens with zero attached hydrogens (tertiary/aromatic N) is 1. The molecule has 0 spiro atoms. The van der Waals surface area contributed by atoms with Crippen LogP contribution in [0.4, 0.5) is 0 Å². The zero-order valence-corrected chi connectivity index (χ0v) is 12.3. The molecular formula is C13H20N2O3S. The lowest BCUT2D eigenvalue weighted by molar-refractivity contribution is -0.148. The molecule has 1 N–H and O–H groups in total. The second-order valence-corrected chi connectivity index (χ2v) is 6.05. The summed E-state index contributed by atoms with van der Waals surface area (Å²) in [5.74, 6) is 0.718. The average Bonchev–Trinajstić information content (AvgIpc) is 3.11. The summed E-state index contributed by atoms with van der Waals surface area (Å²) in [6.45, 7) is 4.08. The van der Waals surface area contributed by atoms with Crippen molar-refractivity contribution < 1.29 is 13.9 Å². The van der Waals surface area contributed by atoms with Gasteiger partial charge in [0.05, 0.1) is 13.3 Å². The van der Waals surface area contributed by atoms with Gasteiger partial charge in [0.15, 0.2) is 0 Å². The highest BCUT2D eigenvalue weighted by atomic mass is 32.2. The Balaban J connectivity index is 2.13. The van der Waals surface area contributed by atoms with E-state index in [1.165, 1.54) is 25.1 Å². The van der Waals surface area contributed by atoms with Crippen LogP contribution in [0.15, 0.2) is 22.1 Å². The van der Waals surface area contributed by atoms with E-state index >= 15 is 0 Å². The normalized spacial score (nSPS) is 18.3. The van der Waals surface area contributed by atoms with Crippen molar-refractivity contribution in [3.8, 4) is 0 Å². The summed E-state index contributed by atoms with van der Waals surface area (Å²) in [6, 6.07) is 0.213. The topological polar surface area (TPSA) is 64.4 Å². The highest BCUT2D eigenvalue weighted by molar-refractivity contribution is 7.99. The van der Waals surface area contributed by atoms with Gasteiger partial charge >= 0.3 is 5.97 Å². The Morgan fingerprint density at radius 1 is 1.68 bits per heavy atom. The number of hydrogen-bond acceptors (Lipinski definition) is 6. The van der Waals surface area contributed by atoms with Crippen LogP contribution in [-0.2, 0) is 9.53 Å². The van der Waals surface area contributed by atoms with Crippen LogP contribution in [0.1, 0.15) is 26.7 Å². The Morgan fingerprint density at radius 2 is 2.42 bits per heavy atom. The number of hydrogen-bond donors (Lipinski definition) is 1. The summed E-state index contributed by atoms with van der Waals surface area (Å²) in [5, 5.41) is 3.99. The van der Waals surface area contributed by atoms with Crippen LogP contribution in [0.25, 0.3) is 0 Å². The number of aromatic nitrogens is 1. The van der Waals surface area contributed by atoms with Gasteiger partial charge < -0.3 is 9.15 Å². The second kappa shape index (κ2) is 5.96. The second-order valence-electron chi connectivity index (χ2n) is 5.12. The SMILES string of the molecule is COC(=O)C(CSc1ncco1)(NC(C)C)C1CC1. The molecule has 0 radical (unpaired) electrons. The van der Waals surface area contributed by atoms with E-state index in [4.69, 9.17) is 9.15 Å². The third-order valence-electron chi connectivity index (χ3n) is 3.20. The number of methoxy groups -OCH3 is 1. The number of thioether (sulfide) groups is 1. The molecule has 0 saturated heterocycles. The first kappa shape index (κ1) is 14.4. The van der Waals surface area contributed by atoms with Gasteiger partial charge in [-0.3, -0.25) is 10.1 Å². The Hall–Kier alpha value is -1.01. The number of ether oxygens (including phenoxy) is 1. The third kappa shape index (κ3) is 3.30. The molecule has 1 aliphatic rings. The number of esters is 1. The molecule has 1 aromatic rings. The van der Waals surface area contributed by atoms with Crippen molar-refractivity contribution >= 4 is 17.7 Å². The molecule has 1 atom stereocenters. The predicted octanol–water partition coefficient (Wildman–Crippen LogP) is 2.09. The monoisotopic (exact) mass is 284 g/mol. The lowest BCUT2D eigenvalue weighted by atomic mass is 9.94. The molecule has 1 aromatic heterocycles. The molecule has 0 aromatic carbocycles. The number of nitrogens with one attached hydrogen (secondary N) is 1. The molecule has 2 rings (SSSR count). The largest absolute Gasteiger partial charge is 0.468 e. The molecule has 5 nitrogen and oxygen atoms in total. The van der Waals surface area contributed by atoms with E-state index < -0.39 is 5.54 Å². The summed E-state index contributed by atoms with van der Waals surface area (Å²) < 4.78 is 10.2. The molecule has 1 aliphatic carbocycles. The number of carbonyl (C=O) groups excluding carboxylic acids is 1. The van der Waals surface area contributed by atoms with Crippen molar-refractivity contribution in [3.63, 3.8) is 0 Å². The highest BCUT2D eigenvalue weighted by Gasteiger charge is 2.52. The van der Waals surface area contributed by atoms with Crippen molar-refractivity contribution in [2.45, 2.75) is 43.5 Å². The molecule has 1 saturated carbocycles. The van der Waals surface area contributed by atoms with Crippen molar-refractivity contribution in [1.82, 2.24) is 10.3 Å². The van der Waals surface area contributed by atoms with Gasteiger partial charge in [-0.15, -0.1) is 0 Å². The third-order valence-corrected chi connectivity index (χ3v) is 4.25. The Labute approximate surface area is 117 Å². The van der Waals surface area contributed by atoms with Crippen LogP contribution in [0.2, 0.25) is 0 Å². The van der Waals surface area contributed by atoms with Gasteiger partial charge in [-0.2, -0.15) is 0 Å². The lowest BCUT2D eigenvalue weighted by Crippen LogP contribution is -2.59. The van der Waals surface area contributed by atoms with Crippen molar-refractivity contribution in [3.05, 3.63) is 12.5 Å². The minimum Gasteiger partial charge on any atom is -0.468 e. The summed E-state index contributed by atoms with van der Waals surface area (Å²) in [4.78, 5) is 16.3. The molecule has 1 unspecified atom stereocenters. The zero-order valence-electron chi connectivity index (χ0n) is 11.5. The van der Waals surface area contributed by atoms with Crippen LogP contribution in [0, 0.1) is 5.92 Å². The van der Waals surface area contributed by atoms with Gasteiger partial charge in [-0.1, -0.05) is 11.8 Å². The van der Waals surface area contributed by atoms with Crippen LogP contribution in [0.5, 0.6) is 0 Å². The molecule has 1 fully saturated rings. The Morgan fingerprint density at radius 3 is 2.89 bits per heavy atom. The van der Waals surface area contributed by atoms with E-state index in [1.807, 2.05) is 13.8 Å². The fraction of sp³-hybridized carbons (Fsp3) is 0.692. The first-order valence-electron chi connectivity index (χ1n) is 6.47. The standard InChI is InChI=1S/C13H20N2O3S/c1-9(2)15-13(10-4-5-10,11(16)17-3)8-19-12-14-6-7-18-12/h6-7,9-10,15H,4-5,8H2,1-3H3. The zero-order chi connectivity index (χ0) is 13.9. The minimum absolute atomic E-state index is 0.192. The summed E-state index contributed by atoms with van der Waals surface area (Å²) >= 11 is 1.45. The predicted molar refractivity (Wildman–Crippen MR) is 73.0 cm³/mol. The van der Waals surface area contributed by atoms with Crippen molar-refractivity contribution in [1.29, 1.82) is 0 Å². The molecule has 0 aliphatic heterocycles. The maximum absolute atomic E-state index is 12.3. The van der Waals surface area contributed by atoms with E-state index in [2.05, 4.69) is 10.3 Å². The maximum Gasteiger partial charge on any atom is 0.327 e. The molecule has 106 valence electrons. The van der Waals surface area contributed by atoms with Crippen LogP contribution in [-0.4, -0.2) is 35.4 Å². The Bertz CT molecular complexity index is 418. The van der Waals surface area contributed by atoms with Gasteiger partial charge in [0, 0.05) is 11.8 Å². The number of carbonyl (C=O) groups is 1. The molecule has 1 heterocycles. The van der Waals surface area contributed by atoms with Crippen LogP contribution >= 0.6 is 11.8 Å². The maximum atomic E-state index is 12.3. The Kier molecular flexibility index (Phi) is 4.52. The van der Waals surface area contributed by atoms with E-state index in [9.17, 15) is 4.79 Å². The van der Waals surface area contributed by atoms with Crippen molar-refractivity contribution in [2.75, 3.05) is 12.9 Å². The first-order valence-corrected chi connectivity index (χ1v) is 7.45. The van der Waals surface area contributed by atoms with E-state index in [-0.39, 0.29) is 12.0 Å². The quantitative estimate of drug-likeness (QED) is 0.611. The van der Waals surface area contributed by atoms with E-state index in [0.717, 1.165) is 12.8 Å². The summed E-state index contributed by atoms with van der Waals surface area (Å²) in [6.07, 6.45) is 5.26. The van der Waals surface area contributed by atoms with Gasteiger partial charge in [0.1, 0.15) is 11.8 Å². The molecule has 0 amide bonds. The summed E-state index contributed by atoms with van der Waals surface area (Å²) in [7, 11) is 1.44.